The Bertz CT molecular complexity index is 1510. The Balaban J connectivity index is 1.45. The zero-order valence-corrected chi connectivity index (χ0v) is 21.2. The molecule has 178 valence electrons. The molecule has 5 nitrogen and oxygen atoms in total. The molecule has 36 heavy (non-hydrogen) atoms. The minimum Gasteiger partial charge on any atom is -0.307 e. The number of amides is 3. The number of hydrogen-bond donors (Lipinski definition) is 0. The van der Waals surface area contributed by atoms with Gasteiger partial charge in [-0.3, -0.25) is 19.3 Å². The van der Waals surface area contributed by atoms with Gasteiger partial charge in [-0.15, -0.1) is 0 Å². The van der Waals surface area contributed by atoms with Gasteiger partial charge in [0.25, 0.3) is 17.7 Å². The van der Waals surface area contributed by atoms with Crippen molar-refractivity contribution in [2.24, 2.45) is 0 Å². The van der Waals surface area contributed by atoms with Gasteiger partial charge >= 0.3 is 0 Å². The van der Waals surface area contributed by atoms with E-state index in [1.807, 2.05) is 79.7 Å². The Morgan fingerprint density at radius 1 is 0.861 bits per heavy atom. The third-order valence-electron chi connectivity index (χ3n) is 6.38. The fraction of sp³-hybridized carbons (Fsp3) is 0.100. The molecule has 0 saturated carbocycles. The van der Waals surface area contributed by atoms with Crippen molar-refractivity contribution in [3.8, 4) is 0 Å². The minimum absolute atomic E-state index is 0.0722. The molecule has 0 fully saturated rings. The molecule has 1 aliphatic heterocycles. The molecule has 3 amide bonds. The molecule has 0 spiro atoms. The molecule has 5 rings (SSSR count). The lowest BCUT2D eigenvalue weighted by molar-refractivity contribution is -0.114. The van der Waals surface area contributed by atoms with Crippen molar-refractivity contribution in [2.75, 3.05) is 18.0 Å². The summed E-state index contributed by atoms with van der Waals surface area (Å²) < 4.78 is 0.832. The Labute approximate surface area is 217 Å². The van der Waals surface area contributed by atoms with Crippen LogP contribution in [0.25, 0.3) is 16.8 Å². The molecule has 1 aliphatic rings. The molecule has 0 radical (unpaired) electrons. The average Bonchev–Trinajstić information content (AvgIpc) is 2.90. The highest BCUT2D eigenvalue weighted by Crippen LogP contribution is 2.34. The molecular weight excluding hydrogens is 516 g/mol. The topological polar surface area (TPSA) is 57.7 Å². The summed E-state index contributed by atoms with van der Waals surface area (Å²) in [6.45, 7) is 2.17. The first kappa shape index (κ1) is 23.7. The molecule has 0 unspecified atom stereocenters. The van der Waals surface area contributed by atoms with Crippen LogP contribution in [0.1, 0.15) is 31.8 Å². The fourth-order valence-electron chi connectivity index (χ4n) is 4.55. The lowest BCUT2D eigenvalue weighted by Gasteiger charge is -2.30. The van der Waals surface area contributed by atoms with Gasteiger partial charge < -0.3 is 4.90 Å². The van der Waals surface area contributed by atoms with Gasteiger partial charge in [-0.05, 0) is 53.8 Å². The van der Waals surface area contributed by atoms with Crippen LogP contribution in [-0.2, 0) is 4.79 Å². The minimum atomic E-state index is -0.354. The summed E-state index contributed by atoms with van der Waals surface area (Å²) in [6.07, 6.45) is 3.29. The lowest BCUT2D eigenvalue weighted by Crippen LogP contribution is -2.45. The Hall–Kier alpha value is -4.03. The van der Waals surface area contributed by atoms with Crippen molar-refractivity contribution in [3.63, 3.8) is 0 Å². The molecular formula is C30H23BrN2O3. The van der Waals surface area contributed by atoms with E-state index in [1.54, 1.807) is 23.1 Å². The summed E-state index contributed by atoms with van der Waals surface area (Å²) in [4.78, 5) is 43.0. The molecule has 4 aromatic carbocycles. The summed E-state index contributed by atoms with van der Waals surface area (Å²) in [5, 5.41) is 1.49. The smallest absolute Gasteiger partial charge is 0.261 e. The van der Waals surface area contributed by atoms with Crippen LogP contribution in [0.2, 0.25) is 0 Å². The van der Waals surface area contributed by atoms with Gasteiger partial charge in [-0.1, -0.05) is 76.6 Å². The van der Waals surface area contributed by atoms with Crippen LogP contribution in [0.15, 0.2) is 95.5 Å². The highest BCUT2D eigenvalue weighted by atomic mass is 79.9. The summed E-state index contributed by atoms with van der Waals surface area (Å²) in [5.41, 5.74) is 3.55. The number of benzene rings is 4. The Morgan fingerprint density at radius 2 is 1.56 bits per heavy atom. The second kappa shape index (κ2) is 9.91. The van der Waals surface area contributed by atoms with E-state index in [1.165, 1.54) is 11.0 Å². The Morgan fingerprint density at radius 3 is 2.31 bits per heavy atom. The summed E-state index contributed by atoms with van der Waals surface area (Å²) in [5.74, 6) is -0.932. The van der Waals surface area contributed by atoms with Crippen LogP contribution < -0.4 is 4.90 Å². The van der Waals surface area contributed by atoms with Crippen LogP contribution in [0, 0.1) is 6.92 Å². The van der Waals surface area contributed by atoms with Gasteiger partial charge in [0, 0.05) is 45.8 Å². The number of rotatable bonds is 6. The van der Waals surface area contributed by atoms with Crippen molar-refractivity contribution in [1.29, 1.82) is 0 Å². The van der Waals surface area contributed by atoms with Gasteiger partial charge in [-0.2, -0.15) is 0 Å². The quantitative estimate of drug-likeness (QED) is 0.215. The van der Waals surface area contributed by atoms with Crippen molar-refractivity contribution >= 4 is 56.2 Å². The number of carbonyl (C=O) groups excluding carboxylic acids is 3. The first-order chi connectivity index (χ1) is 17.5. The second-order valence-corrected chi connectivity index (χ2v) is 9.46. The number of nitrogens with zero attached hydrogens (tertiary/aromatic N) is 2. The van der Waals surface area contributed by atoms with Gasteiger partial charge in [0.2, 0.25) is 0 Å². The molecule has 0 bridgehead atoms. The molecule has 1 heterocycles. The molecule has 0 N–H and O–H groups in total. The highest BCUT2D eigenvalue weighted by molar-refractivity contribution is 9.10. The third kappa shape index (κ3) is 4.36. The summed E-state index contributed by atoms with van der Waals surface area (Å²) in [6, 6.07) is 26.2. The largest absolute Gasteiger partial charge is 0.307 e. The van der Waals surface area contributed by atoms with Crippen molar-refractivity contribution in [1.82, 2.24) is 4.90 Å². The van der Waals surface area contributed by atoms with E-state index < -0.39 is 0 Å². The van der Waals surface area contributed by atoms with E-state index in [0.717, 1.165) is 26.7 Å². The van der Waals surface area contributed by atoms with E-state index in [4.69, 9.17) is 0 Å². The van der Waals surface area contributed by atoms with Crippen molar-refractivity contribution in [2.45, 2.75) is 6.92 Å². The third-order valence-corrected chi connectivity index (χ3v) is 7.07. The second-order valence-electron chi connectivity index (χ2n) is 8.61. The van der Waals surface area contributed by atoms with Crippen molar-refractivity contribution in [3.05, 3.63) is 118 Å². The van der Waals surface area contributed by atoms with Crippen LogP contribution in [-0.4, -0.2) is 35.7 Å². The van der Waals surface area contributed by atoms with E-state index >= 15 is 0 Å². The number of anilines is 1. The first-order valence-electron chi connectivity index (χ1n) is 11.6. The predicted octanol–water partition coefficient (Wildman–Crippen LogP) is 6.25. The van der Waals surface area contributed by atoms with Gasteiger partial charge in [0.15, 0.2) is 0 Å². The zero-order valence-electron chi connectivity index (χ0n) is 19.6. The van der Waals surface area contributed by atoms with Crippen molar-refractivity contribution < 1.29 is 14.4 Å². The van der Waals surface area contributed by atoms with E-state index in [9.17, 15) is 14.4 Å². The predicted molar refractivity (Wildman–Crippen MR) is 146 cm³/mol. The van der Waals surface area contributed by atoms with E-state index in [0.29, 0.717) is 16.5 Å². The number of carbonyl (C=O) groups is 3. The van der Waals surface area contributed by atoms with Gasteiger partial charge in [-0.25, -0.2) is 0 Å². The lowest BCUT2D eigenvalue weighted by atomic mass is 9.94. The zero-order chi connectivity index (χ0) is 25.2. The maximum atomic E-state index is 13.4. The number of hydrogen-bond acceptors (Lipinski definition) is 3. The maximum Gasteiger partial charge on any atom is 0.261 e. The summed E-state index contributed by atoms with van der Waals surface area (Å²) in [7, 11) is 0. The normalized spacial score (nSPS) is 13.0. The monoisotopic (exact) mass is 538 g/mol. The molecule has 0 atom stereocenters. The van der Waals surface area contributed by atoms with Gasteiger partial charge in [0.1, 0.15) is 0 Å². The molecule has 0 saturated heterocycles. The number of para-hydroxylation sites is 1. The molecule has 0 aliphatic carbocycles. The fourth-order valence-corrected chi connectivity index (χ4v) is 5.01. The van der Waals surface area contributed by atoms with Crippen LogP contribution in [0.5, 0.6) is 0 Å². The number of imide groups is 1. The standard InChI is InChI=1S/C30H23BrN2O3/c1-20-8-5-6-13-26(20)32(27(34)17-14-21-9-3-2-4-10-21)18-19-33-29(35)23-12-7-11-22-25(31)16-15-24(28(22)23)30(33)36/h2-17H,18-19H2,1H3. The first-order valence-corrected chi connectivity index (χ1v) is 12.4. The highest BCUT2D eigenvalue weighted by Gasteiger charge is 2.33. The Kier molecular flexibility index (Phi) is 6.53. The number of aryl methyl sites for hydroxylation is 1. The van der Waals surface area contributed by atoms with E-state index in [-0.39, 0.29) is 30.8 Å². The summed E-state index contributed by atoms with van der Waals surface area (Å²) >= 11 is 3.52. The molecule has 0 aromatic heterocycles. The number of halogens is 1. The van der Waals surface area contributed by atoms with Crippen LogP contribution >= 0.6 is 15.9 Å². The van der Waals surface area contributed by atoms with E-state index in [2.05, 4.69) is 15.9 Å². The van der Waals surface area contributed by atoms with Crippen LogP contribution in [0.4, 0.5) is 5.69 Å². The van der Waals surface area contributed by atoms with Crippen LogP contribution in [0.3, 0.4) is 0 Å². The molecule has 6 heteroatoms. The van der Waals surface area contributed by atoms with Gasteiger partial charge in [0.05, 0.1) is 0 Å². The average molecular weight is 539 g/mol. The molecule has 4 aromatic rings. The SMILES string of the molecule is Cc1ccccc1N(CCN1C(=O)c2cccc3c(Br)ccc(c23)C1=O)C(=O)C=Cc1ccccc1. The maximum absolute atomic E-state index is 13.4.